The lowest BCUT2D eigenvalue weighted by Gasteiger charge is -2.37. The first kappa shape index (κ1) is 18.7. The zero-order valence-corrected chi connectivity index (χ0v) is 16.1. The van der Waals surface area contributed by atoms with Gasteiger partial charge in [0, 0.05) is 27.6 Å². The second-order valence-corrected chi connectivity index (χ2v) is 10.0. The number of thioether (sulfide) groups is 1. The molecule has 0 aliphatic heterocycles. The summed E-state index contributed by atoms with van der Waals surface area (Å²) in [6.45, 7) is 0. The molecule has 0 amide bonds. The number of hydrogen-bond donors (Lipinski definition) is 4. The van der Waals surface area contributed by atoms with Gasteiger partial charge in [-0.15, -0.1) is 11.8 Å². The normalized spacial score (nSPS) is 16.4. The Balaban J connectivity index is 1.68. The minimum absolute atomic E-state index is 0.333. The number of hydrogen-bond acceptors (Lipinski definition) is 3. The molecule has 1 saturated carbocycles. The number of halogens is 1. The van der Waals surface area contributed by atoms with E-state index >= 15 is 0 Å². The molecule has 4 N–H and O–H groups in total. The van der Waals surface area contributed by atoms with Gasteiger partial charge in [-0.2, -0.15) is 0 Å². The van der Waals surface area contributed by atoms with Gasteiger partial charge in [-0.3, -0.25) is 4.57 Å². The summed E-state index contributed by atoms with van der Waals surface area (Å²) >= 11 is 1.04. The molecule has 1 aliphatic carbocycles. The Labute approximate surface area is 159 Å². The van der Waals surface area contributed by atoms with Gasteiger partial charge in [-0.25, -0.2) is 4.39 Å². The maximum atomic E-state index is 14.6. The molecule has 1 aromatic heterocycles. The monoisotopic (exact) mass is 407 g/mol. The molecule has 0 atom stereocenters. The van der Waals surface area contributed by atoms with Crippen LogP contribution in [0.3, 0.4) is 0 Å². The Morgan fingerprint density at radius 1 is 1.19 bits per heavy atom. The van der Waals surface area contributed by atoms with Crippen LogP contribution in [-0.2, 0) is 10.2 Å². The first-order valence-electron chi connectivity index (χ1n) is 8.56. The first-order chi connectivity index (χ1) is 12.8. The largest absolute Gasteiger partial charge is 0.385 e. The number of H-pyrrole nitrogens is 1. The van der Waals surface area contributed by atoms with Crippen molar-refractivity contribution in [3.63, 3.8) is 0 Å². The third-order valence-corrected chi connectivity index (χ3v) is 7.54. The Morgan fingerprint density at radius 3 is 2.48 bits per heavy atom. The zero-order valence-electron chi connectivity index (χ0n) is 14.4. The van der Waals surface area contributed by atoms with Gasteiger partial charge in [0.15, 0.2) is 0 Å². The molecule has 8 heteroatoms. The molecule has 0 unspecified atom stereocenters. The molecule has 1 aliphatic rings. The SMILES string of the molecule is O=P(O)(O)CSc1c[nH]c2cc(F)c(-c3ccc(C4(O)CCC4)cc3)cc12. The van der Waals surface area contributed by atoms with Crippen LogP contribution in [0.25, 0.3) is 22.0 Å². The van der Waals surface area contributed by atoms with E-state index in [2.05, 4.69) is 4.98 Å². The van der Waals surface area contributed by atoms with E-state index in [9.17, 15) is 14.1 Å². The van der Waals surface area contributed by atoms with Crippen molar-refractivity contribution in [1.29, 1.82) is 0 Å². The fraction of sp³-hybridized carbons (Fsp3) is 0.263. The van der Waals surface area contributed by atoms with E-state index in [1.165, 1.54) is 6.07 Å². The highest BCUT2D eigenvalue weighted by molar-refractivity contribution is 8.04. The van der Waals surface area contributed by atoms with Crippen LogP contribution in [0.15, 0.2) is 47.5 Å². The van der Waals surface area contributed by atoms with Gasteiger partial charge in [-0.1, -0.05) is 24.3 Å². The van der Waals surface area contributed by atoms with Crippen LogP contribution in [0.2, 0.25) is 0 Å². The molecule has 0 bridgehead atoms. The molecule has 0 saturated heterocycles. The van der Waals surface area contributed by atoms with Gasteiger partial charge in [0.1, 0.15) is 11.3 Å². The first-order valence-corrected chi connectivity index (χ1v) is 11.3. The molecule has 27 heavy (non-hydrogen) atoms. The number of nitrogens with one attached hydrogen (secondary N) is 1. The summed E-state index contributed by atoms with van der Waals surface area (Å²) in [5.41, 5.74) is 1.43. The third-order valence-electron chi connectivity index (χ3n) is 5.03. The predicted octanol–water partition coefficient (Wildman–Crippen LogP) is 4.57. The third kappa shape index (κ3) is 3.71. The van der Waals surface area contributed by atoms with Crippen LogP contribution in [0.1, 0.15) is 24.8 Å². The van der Waals surface area contributed by atoms with Crippen molar-refractivity contribution in [3.05, 3.63) is 54.0 Å². The molecular weight excluding hydrogens is 388 g/mol. The summed E-state index contributed by atoms with van der Waals surface area (Å²) in [6, 6.07) is 10.3. The molecule has 1 fully saturated rings. The molecule has 4 rings (SSSR count). The number of benzene rings is 2. The van der Waals surface area contributed by atoms with Crippen molar-refractivity contribution in [1.82, 2.24) is 4.98 Å². The minimum Gasteiger partial charge on any atom is -0.385 e. The lowest BCUT2D eigenvalue weighted by Crippen LogP contribution is -2.33. The lowest BCUT2D eigenvalue weighted by molar-refractivity contribution is -0.0387. The second kappa shape index (κ2) is 6.76. The summed E-state index contributed by atoms with van der Waals surface area (Å²) in [5.74, 6) is -0.383. The van der Waals surface area contributed by atoms with E-state index in [0.29, 0.717) is 26.9 Å². The molecule has 5 nitrogen and oxygen atoms in total. The van der Waals surface area contributed by atoms with Gasteiger partial charge >= 0.3 is 7.60 Å². The number of aliphatic hydroxyl groups is 1. The summed E-state index contributed by atoms with van der Waals surface area (Å²) in [4.78, 5) is 21.8. The molecule has 142 valence electrons. The molecule has 0 spiro atoms. The van der Waals surface area contributed by atoms with E-state index in [-0.39, 0.29) is 11.3 Å². The van der Waals surface area contributed by atoms with Crippen molar-refractivity contribution in [2.45, 2.75) is 29.8 Å². The lowest BCUT2D eigenvalue weighted by atomic mass is 9.75. The van der Waals surface area contributed by atoms with Crippen LogP contribution in [0, 0.1) is 5.82 Å². The summed E-state index contributed by atoms with van der Waals surface area (Å²) in [7, 11) is -4.13. The number of fused-ring (bicyclic) bond motifs is 1. The van der Waals surface area contributed by atoms with Crippen LogP contribution >= 0.6 is 19.4 Å². The number of rotatable bonds is 5. The molecule has 0 radical (unpaired) electrons. The molecule has 2 aromatic carbocycles. The maximum absolute atomic E-state index is 14.6. The van der Waals surface area contributed by atoms with E-state index in [4.69, 9.17) is 9.79 Å². The van der Waals surface area contributed by atoms with E-state index < -0.39 is 13.2 Å². The zero-order chi connectivity index (χ0) is 19.2. The Bertz CT molecular complexity index is 1040. The topological polar surface area (TPSA) is 93.5 Å². The maximum Gasteiger partial charge on any atom is 0.335 e. The van der Waals surface area contributed by atoms with Crippen molar-refractivity contribution >= 4 is 30.3 Å². The summed E-state index contributed by atoms with van der Waals surface area (Å²) in [6.07, 6.45) is 4.13. The highest BCUT2D eigenvalue weighted by Crippen LogP contribution is 2.44. The van der Waals surface area contributed by atoms with Crippen molar-refractivity contribution in [2.24, 2.45) is 0 Å². The van der Waals surface area contributed by atoms with Gasteiger partial charge < -0.3 is 19.9 Å². The van der Waals surface area contributed by atoms with E-state index in [0.717, 1.165) is 36.6 Å². The average Bonchev–Trinajstić information content (AvgIpc) is 2.98. The molecular formula is C19H19FNO4PS. The Hall–Kier alpha value is -1.63. The highest BCUT2D eigenvalue weighted by Gasteiger charge is 2.35. The van der Waals surface area contributed by atoms with Crippen LogP contribution in [0.5, 0.6) is 0 Å². The molecule has 3 aromatic rings. The quantitative estimate of drug-likeness (QED) is 0.367. The van der Waals surface area contributed by atoms with Crippen LogP contribution in [-0.4, -0.2) is 25.4 Å². The fourth-order valence-electron chi connectivity index (χ4n) is 3.37. The van der Waals surface area contributed by atoms with Crippen LogP contribution < -0.4 is 0 Å². The average molecular weight is 407 g/mol. The summed E-state index contributed by atoms with van der Waals surface area (Å²) < 4.78 is 25.7. The van der Waals surface area contributed by atoms with Crippen molar-refractivity contribution in [3.8, 4) is 11.1 Å². The fourth-order valence-corrected chi connectivity index (χ4v) is 5.07. The van der Waals surface area contributed by atoms with Crippen LogP contribution in [0.4, 0.5) is 4.39 Å². The Kier molecular flexibility index (Phi) is 4.69. The highest BCUT2D eigenvalue weighted by atomic mass is 32.2. The van der Waals surface area contributed by atoms with Crippen molar-refractivity contribution < 1.29 is 23.8 Å². The smallest absolute Gasteiger partial charge is 0.335 e. The van der Waals surface area contributed by atoms with E-state index in [1.807, 2.05) is 12.1 Å². The number of aromatic nitrogens is 1. The van der Waals surface area contributed by atoms with E-state index in [1.54, 1.807) is 24.4 Å². The second-order valence-electron chi connectivity index (χ2n) is 6.93. The van der Waals surface area contributed by atoms with Gasteiger partial charge in [-0.05, 0) is 42.5 Å². The van der Waals surface area contributed by atoms with Gasteiger partial charge in [0.25, 0.3) is 0 Å². The summed E-state index contributed by atoms with van der Waals surface area (Å²) in [5, 5.41) is 11.1. The minimum atomic E-state index is -4.13. The van der Waals surface area contributed by atoms with Crippen molar-refractivity contribution in [2.75, 3.05) is 5.49 Å². The number of aromatic amines is 1. The van der Waals surface area contributed by atoms with Gasteiger partial charge in [0.2, 0.25) is 0 Å². The van der Waals surface area contributed by atoms with Gasteiger partial charge in [0.05, 0.1) is 5.60 Å². The molecule has 1 heterocycles. The Morgan fingerprint density at radius 2 is 1.89 bits per heavy atom. The predicted molar refractivity (Wildman–Crippen MR) is 104 cm³/mol. The standard InChI is InChI=1S/C19H19FNO4PS/c20-16-9-17-15(18(10-21-17)27-11-26(23,24)25)8-14(16)12-2-4-13(5-3-12)19(22)6-1-7-19/h2-5,8-10,21-22H,1,6-7,11H2,(H2,23,24,25).